The molecule has 0 bridgehead atoms. The summed E-state index contributed by atoms with van der Waals surface area (Å²) in [5.41, 5.74) is 1.68. The lowest BCUT2D eigenvalue weighted by Gasteiger charge is -2.16. The van der Waals surface area contributed by atoms with Gasteiger partial charge in [-0.2, -0.15) is 0 Å². The molecule has 9 heteroatoms. The van der Waals surface area contributed by atoms with Gasteiger partial charge in [-0.1, -0.05) is 46.3 Å². The average molecular weight is 559 g/mol. The quantitative estimate of drug-likeness (QED) is 0.279. The summed E-state index contributed by atoms with van der Waals surface area (Å²) < 4.78 is 47.7. The van der Waals surface area contributed by atoms with Gasteiger partial charge >= 0.3 is 0 Å². The topological polar surface area (TPSA) is 70.0 Å². The van der Waals surface area contributed by atoms with Crippen LogP contribution in [-0.4, -0.2) is 58.8 Å². The largest absolute Gasteiger partial charge is 0.497 e. The van der Waals surface area contributed by atoms with Crippen LogP contribution in [0.4, 0.5) is 0 Å². The Morgan fingerprint density at radius 2 is 1.69 bits per heavy atom. The summed E-state index contributed by atoms with van der Waals surface area (Å²) in [7, 11) is 2.76. The van der Waals surface area contributed by atoms with Crippen molar-refractivity contribution in [3.63, 3.8) is 0 Å². The number of ether oxygens (including phenoxy) is 3. The number of nitrogens with zero attached hydrogens (tertiary/aromatic N) is 2. The third-order valence-corrected chi connectivity index (χ3v) is 7.81. The highest BCUT2D eigenvalue weighted by Crippen LogP contribution is 2.44. The van der Waals surface area contributed by atoms with Gasteiger partial charge in [0.25, 0.3) is 10.0 Å². The van der Waals surface area contributed by atoms with Gasteiger partial charge in [-0.05, 0) is 44.4 Å². The molecule has 7 nitrogen and oxygen atoms in total. The summed E-state index contributed by atoms with van der Waals surface area (Å²) in [5.74, 6) is 1.20. The van der Waals surface area contributed by atoms with Crippen molar-refractivity contribution in [2.45, 2.75) is 4.90 Å². The average Bonchev–Trinajstić information content (AvgIpc) is 3.18. The van der Waals surface area contributed by atoms with Crippen LogP contribution in [0.5, 0.6) is 17.2 Å². The van der Waals surface area contributed by atoms with Gasteiger partial charge in [0.05, 0.1) is 19.7 Å². The van der Waals surface area contributed by atoms with Crippen LogP contribution in [0.3, 0.4) is 0 Å². The Bertz CT molecular complexity index is 1450. The van der Waals surface area contributed by atoms with E-state index in [0.29, 0.717) is 41.2 Å². The third kappa shape index (κ3) is 4.89. The van der Waals surface area contributed by atoms with Crippen LogP contribution in [-0.2, 0) is 10.0 Å². The van der Waals surface area contributed by atoms with Crippen molar-refractivity contribution < 1.29 is 22.6 Å². The Morgan fingerprint density at radius 3 is 2.34 bits per heavy atom. The fourth-order valence-electron chi connectivity index (χ4n) is 3.86. The molecule has 1 heterocycles. The number of benzene rings is 3. The van der Waals surface area contributed by atoms with E-state index in [-0.39, 0.29) is 10.6 Å². The molecule has 35 heavy (non-hydrogen) atoms. The molecular formula is C26H27BrN2O5S. The van der Waals surface area contributed by atoms with Crippen LogP contribution >= 0.6 is 15.9 Å². The van der Waals surface area contributed by atoms with Crippen LogP contribution in [0.25, 0.3) is 22.2 Å². The minimum atomic E-state index is -4.12. The van der Waals surface area contributed by atoms with E-state index in [2.05, 4.69) is 15.9 Å². The molecule has 0 atom stereocenters. The predicted octanol–water partition coefficient (Wildman–Crippen LogP) is 5.27. The van der Waals surface area contributed by atoms with Gasteiger partial charge in [-0.3, -0.25) is 0 Å². The van der Waals surface area contributed by atoms with E-state index in [4.69, 9.17) is 14.2 Å². The van der Waals surface area contributed by atoms with Gasteiger partial charge in [-0.15, -0.1) is 0 Å². The Hall–Kier alpha value is -3.01. The van der Waals surface area contributed by atoms with Crippen LogP contribution in [0.1, 0.15) is 0 Å². The van der Waals surface area contributed by atoms with E-state index >= 15 is 0 Å². The van der Waals surface area contributed by atoms with Crippen molar-refractivity contribution in [2.75, 3.05) is 41.5 Å². The standard InChI is InChI=1S/C26H27BrN2O5S/c1-28(2)14-15-34-26-21-16-19(27)10-12-22(21)29(25(26)18-8-6-5-7-9-18)35(30,31)24-13-11-20(32-3)17-23(24)33-4/h5-13,16-17H,14-15H2,1-4H3. The zero-order valence-corrected chi connectivity index (χ0v) is 22.4. The molecule has 4 rings (SSSR count). The molecule has 0 amide bonds. The van der Waals surface area contributed by atoms with Gasteiger partial charge in [-0.25, -0.2) is 12.4 Å². The molecular weight excluding hydrogens is 532 g/mol. The van der Waals surface area contributed by atoms with Gasteiger partial charge < -0.3 is 19.1 Å². The summed E-state index contributed by atoms with van der Waals surface area (Å²) in [6.45, 7) is 1.07. The summed E-state index contributed by atoms with van der Waals surface area (Å²) in [4.78, 5) is 2.04. The summed E-state index contributed by atoms with van der Waals surface area (Å²) in [6, 6.07) is 19.5. The number of hydrogen-bond donors (Lipinski definition) is 0. The van der Waals surface area contributed by atoms with Crippen molar-refractivity contribution in [3.8, 4) is 28.5 Å². The Kier molecular flexibility index (Phi) is 7.39. The summed E-state index contributed by atoms with van der Waals surface area (Å²) >= 11 is 3.53. The highest BCUT2D eigenvalue weighted by molar-refractivity contribution is 9.10. The summed E-state index contributed by atoms with van der Waals surface area (Å²) in [5, 5.41) is 0.688. The fraction of sp³-hybridized carbons (Fsp3) is 0.231. The van der Waals surface area contributed by atoms with E-state index < -0.39 is 10.0 Å². The van der Waals surface area contributed by atoms with Crippen molar-refractivity contribution in [3.05, 3.63) is 71.2 Å². The first kappa shape index (κ1) is 25.1. The summed E-state index contributed by atoms with van der Waals surface area (Å²) in [6.07, 6.45) is 0. The van der Waals surface area contributed by atoms with Crippen molar-refractivity contribution in [1.29, 1.82) is 0 Å². The highest BCUT2D eigenvalue weighted by atomic mass is 79.9. The lowest BCUT2D eigenvalue weighted by molar-refractivity contribution is 0.264. The Morgan fingerprint density at radius 1 is 0.943 bits per heavy atom. The number of rotatable bonds is 9. The molecule has 0 saturated carbocycles. The van der Waals surface area contributed by atoms with E-state index in [9.17, 15) is 8.42 Å². The zero-order chi connectivity index (χ0) is 25.2. The third-order valence-electron chi connectivity index (χ3n) is 5.56. The first-order valence-electron chi connectivity index (χ1n) is 10.9. The van der Waals surface area contributed by atoms with Crippen LogP contribution < -0.4 is 14.2 Å². The van der Waals surface area contributed by atoms with E-state index in [1.54, 1.807) is 18.2 Å². The first-order valence-corrected chi connectivity index (χ1v) is 13.2. The second-order valence-electron chi connectivity index (χ2n) is 8.14. The minimum absolute atomic E-state index is 0.0256. The number of fused-ring (bicyclic) bond motifs is 1. The second-order valence-corrected chi connectivity index (χ2v) is 10.8. The molecule has 0 saturated heterocycles. The number of likely N-dealkylation sites (N-methyl/N-ethyl adjacent to an activating group) is 1. The lowest BCUT2D eigenvalue weighted by atomic mass is 10.1. The molecule has 0 unspecified atom stereocenters. The smallest absolute Gasteiger partial charge is 0.272 e. The van der Waals surface area contributed by atoms with Crippen molar-refractivity contribution >= 4 is 36.9 Å². The zero-order valence-electron chi connectivity index (χ0n) is 20.0. The highest BCUT2D eigenvalue weighted by Gasteiger charge is 2.31. The van der Waals surface area contributed by atoms with Crippen LogP contribution in [0.2, 0.25) is 0 Å². The maximum absolute atomic E-state index is 14.3. The lowest BCUT2D eigenvalue weighted by Crippen LogP contribution is -2.20. The van der Waals surface area contributed by atoms with E-state index in [1.807, 2.05) is 61.5 Å². The molecule has 0 N–H and O–H groups in total. The monoisotopic (exact) mass is 558 g/mol. The van der Waals surface area contributed by atoms with Gasteiger partial charge in [0, 0.05) is 28.0 Å². The Balaban J connectivity index is 2.06. The number of aromatic nitrogens is 1. The molecule has 0 spiro atoms. The van der Waals surface area contributed by atoms with Crippen molar-refractivity contribution in [1.82, 2.24) is 8.87 Å². The van der Waals surface area contributed by atoms with Crippen LogP contribution in [0, 0.1) is 0 Å². The van der Waals surface area contributed by atoms with Crippen molar-refractivity contribution in [2.24, 2.45) is 0 Å². The predicted molar refractivity (Wildman–Crippen MR) is 141 cm³/mol. The number of methoxy groups -OCH3 is 2. The molecule has 0 aliphatic rings. The number of halogens is 1. The molecule has 184 valence electrons. The normalized spacial score (nSPS) is 11.7. The Labute approximate surface area is 214 Å². The second kappa shape index (κ2) is 10.3. The fourth-order valence-corrected chi connectivity index (χ4v) is 5.91. The maximum Gasteiger partial charge on any atom is 0.272 e. The van der Waals surface area contributed by atoms with Gasteiger partial charge in [0.2, 0.25) is 0 Å². The van der Waals surface area contributed by atoms with E-state index in [1.165, 1.54) is 24.3 Å². The molecule has 1 aromatic heterocycles. The van der Waals surface area contributed by atoms with Gasteiger partial charge in [0.1, 0.15) is 28.7 Å². The molecule has 0 aliphatic heterocycles. The number of hydrogen-bond acceptors (Lipinski definition) is 6. The molecule has 3 aromatic carbocycles. The maximum atomic E-state index is 14.3. The van der Waals surface area contributed by atoms with Crippen LogP contribution in [0.15, 0.2) is 76.1 Å². The first-order chi connectivity index (χ1) is 16.8. The SMILES string of the molecule is COc1ccc(S(=O)(=O)n2c(-c3ccccc3)c(OCCN(C)C)c3cc(Br)ccc32)c(OC)c1. The van der Waals surface area contributed by atoms with E-state index in [0.717, 1.165) is 10.0 Å². The minimum Gasteiger partial charge on any atom is -0.497 e. The molecule has 0 aliphatic carbocycles. The molecule has 0 fully saturated rings. The van der Waals surface area contributed by atoms with Gasteiger partial charge in [0.15, 0.2) is 5.75 Å². The molecule has 4 aromatic rings. The molecule has 0 radical (unpaired) electrons.